The zero-order valence-corrected chi connectivity index (χ0v) is 16.3. The van der Waals surface area contributed by atoms with E-state index in [4.69, 9.17) is 0 Å². The lowest BCUT2D eigenvalue weighted by atomic mass is 9.71. The number of rotatable bonds is 5. The van der Waals surface area contributed by atoms with Gasteiger partial charge >= 0.3 is 0 Å². The van der Waals surface area contributed by atoms with Crippen LogP contribution in [0.1, 0.15) is 59.5 Å². The first-order valence-electron chi connectivity index (χ1n) is 9.52. The van der Waals surface area contributed by atoms with Crippen LogP contribution in [0, 0.1) is 12.3 Å². The van der Waals surface area contributed by atoms with Crippen LogP contribution in [-0.2, 0) is 11.3 Å². The number of nitrogens with one attached hydrogen (secondary N) is 1. The molecular weight excluding hydrogens is 360 g/mol. The smallest absolute Gasteiger partial charge is 0.254 e. The molecular formula is C20H24N4O2S. The number of carbonyl (C=O) groups is 2. The second kappa shape index (κ2) is 7.38. The lowest BCUT2D eigenvalue weighted by Gasteiger charge is -2.39. The Balaban J connectivity index is 1.47. The van der Waals surface area contributed by atoms with E-state index in [-0.39, 0.29) is 17.2 Å². The molecule has 1 aliphatic carbocycles. The molecule has 0 radical (unpaired) electrons. The molecule has 142 valence electrons. The topological polar surface area (TPSA) is 75.2 Å². The fourth-order valence-electron chi connectivity index (χ4n) is 4.39. The van der Waals surface area contributed by atoms with Crippen molar-refractivity contribution in [2.45, 2.75) is 52.0 Å². The number of fused-ring (bicyclic) bond motifs is 1. The van der Waals surface area contributed by atoms with Gasteiger partial charge in [-0.25, -0.2) is 0 Å². The quantitative estimate of drug-likeness (QED) is 0.851. The third-order valence-electron chi connectivity index (χ3n) is 5.64. The van der Waals surface area contributed by atoms with Gasteiger partial charge in [-0.15, -0.1) is 10.2 Å². The maximum Gasteiger partial charge on any atom is 0.254 e. The van der Waals surface area contributed by atoms with E-state index >= 15 is 0 Å². The Morgan fingerprint density at radius 3 is 2.70 bits per heavy atom. The van der Waals surface area contributed by atoms with Crippen molar-refractivity contribution in [2.24, 2.45) is 5.41 Å². The van der Waals surface area contributed by atoms with E-state index in [2.05, 4.69) is 15.5 Å². The molecule has 0 atom stereocenters. The molecule has 6 nitrogen and oxygen atoms in total. The van der Waals surface area contributed by atoms with Crippen LogP contribution in [-0.4, -0.2) is 33.5 Å². The number of aryl methyl sites for hydroxylation is 1. The fourth-order valence-corrected chi connectivity index (χ4v) is 5.00. The molecule has 1 N–H and O–H groups in total. The summed E-state index contributed by atoms with van der Waals surface area (Å²) >= 11 is 1.38. The summed E-state index contributed by atoms with van der Waals surface area (Å²) in [5, 5.41) is 12.2. The van der Waals surface area contributed by atoms with Crippen molar-refractivity contribution in [3.8, 4) is 0 Å². The maximum atomic E-state index is 12.8. The number of nitrogens with zero attached hydrogens (tertiary/aromatic N) is 3. The summed E-state index contributed by atoms with van der Waals surface area (Å²) in [5.41, 5.74) is 1.74. The average Bonchev–Trinajstić information content (AvgIpc) is 3.19. The van der Waals surface area contributed by atoms with Gasteiger partial charge < -0.3 is 10.2 Å². The van der Waals surface area contributed by atoms with Gasteiger partial charge in [-0.3, -0.25) is 9.59 Å². The van der Waals surface area contributed by atoms with Crippen molar-refractivity contribution in [3.63, 3.8) is 0 Å². The SMILES string of the molecule is Cc1nnc(NC(=O)CC2(CN3Cc4ccccc4C3=O)CCCCC2)s1. The molecule has 0 unspecified atom stereocenters. The Hall–Kier alpha value is -2.28. The number of hydrogen-bond acceptors (Lipinski definition) is 5. The van der Waals surface area contributed by atoms with E-state index in [0.717, 1.165) is 41.8 Å². The van der Waals surface area contributed by atoms with Gasteiger partial charge in [0.2, 0.25) is 11.0 Å². The molecule has 2 aromatic rings. The Kier molecular flexibility index (Phi) is 4.95. The maximum absolute atomic E-state index is 12.8. The lowest BCUT2D eigenvalue weighted by Crippen LogP contribution is -2.41. The highest BCUT2D eigenvalue weighted by molar-refractivity contribution is 7.15. The van der Waals surface area contributed by atoms with Gasteiger partial charge in [-0.2, -0.15) is 0 Å². The zero-order valence-electron chi connectivity index (χ0n) is 15.5. The molecule has 1 fully saturated rings. The van der Waals surface area contributed by atoms with E-state index in [1.807, 2.05) is 36.1 Å². The summed E-state index contributed by atoms with van der Waals surface area (Å²) in [5.74, 6) is 0.0629. The number of hydrogen-bond donors (Lipinski definition) is 1. The summed E-state index contributed by atoms with van der Waals surface area (Å²) in [6.07, 6.45) is 5.81. The molecule has 1 aliphatic heterocycles. The molecule has 0 bridgehead atoms. The molecule has 0 spiro atoms. The monoisotopic (exact) mass is 384 g/mol. The average molecular weight is 385 g/mol. The van der Waals surface area contributed by atoms with Crippen LogP contribution in [0.3, 0.4) is 0 Å². The second-order valence-corrected chi connectivity index (χ2v) is 8.91. The first-order chi connectivity index (χ1) is 13.0. The Bertz CT molecular complexity index is 857. The molecule has 1 aromatic carbocycles. The van der Waals surface area contributed by atoms with E-state index in [0.29, 0.717) is 24.6 Å². The highest BCUT2D eigenvalue weighted by Crippen LogP contribution is 2.41. The lowest BCUT2D eigenvalue weighted by molar-refractivity contribution is -0.119. The summed E-state index contributed by atoms with van der Waals surface area (Å²) in [7, 11) is 0. The zero-order chi connectivity index (χ0) is 18.9. The summed E-state index contributed by atoms with van der Waals surface area (Å²) in [4.78, 5) is 27.4. The molecule has 7 heteroatoms. The number of aromatic nitrogens is 2. The largest absolute Gasteiger partial charge is 0.334 e. The molecule has 27 heavy (non-hydrogen) atoms. The highest BCUT2D eigenvalue weighted by atomic mass is 32.1. The molecule has 1 saturated carbocycles. The van der Waals surface area contributed by atoms with Crippen LogP contribution in [0.15, 0.2) is 24.3 Å². The van der Waals surface area contributed by atoms with Crippen LogP contribution in [0.5, 0.6) is 0 Å². The minimum atomic E-state index is -0.153. The van der Waals surface area contributed by atoms with E-state index in [1.54, 1.807) is 0 Å². The Labute approximate surface area is 163 Å². The van der Waals surface area contributed by atoms with Crippen molar-refractivity contribution < 1.29 is 9.59 Å². The normalized spacial score (nSPS) is 18.4. The molecule has 1 aromatic heterocycles. The number of benzene rings is 1. The second-order valence-electron chi connectivity index (χ2n) is 7.73. The van der Waals surface area contributed by atoms with Gasteiger partial charge in [-0.1, -0.05) is 48.8 Å². The summed E-state index contributed by atoms with van der Waals surface area (Å²) in [6, 6.07) is 7.80. The molecule has 2 amide bonds. The van der Waals surface area contributed by atoms with Gasteiger partial charge in [0.05, 0.1) is 0 Å². The first kappa shape index (κ1) is 18.1. The van der Waals surface area contributed by atoms with Crippen molar-refractivity contribution >= 4 is 28.3 Å². The standard InChI is InChI=1S/C20H24N4O2S/c1-14-22-23-19(27-14)21-17(25)11-20(9-5-2-6-10-20)13-24-12-15-7-3-4-8-16(15)18(24)26/h3-4,7-8H,2,5-6,9-13H2,1H3,(H,21,23,25). The van der Waals surface area contributed by atoms with Crippen LogP contribution in [0.4, 0.5) is 5.13 Å². The highest BCUT2D eigenvalue weighted by Gasteiger charge is 2.39. The Morgan fingerprint density at radius 1 is 1.22 bits per heavy atom. The summed E-state index contributed by atoms with van der Waals surface area (Å²) in [6.45, 7) is 3.16. The number of amides is 2. The van der Waals surface area contributed by atoms with Crippen molar-refractivity contribution in [2.75, 3.05) is 11.9 Å². The third-order valence-corrected chi connectivity index (χ3v) is 6.40. The first-order valence-corrected chi connectivity index (χ1v) is 10.3. The van der Waals surface area contributed by atoms with Gasteiger partial charge in [0.1, 0.15) is 5.01 Å². The van der Waals surface area contributed by atoms with Gasteiger partial charge in [0.15, 0.2) is 0 Å². The van der Waals surface area contributed by atoms with Crippen molar-refractivity contribution in [1.82, 2.24) is 15.1 Å². The van der Waals surface area contributed by atoms with Gasteiger partial charge in [0.25, 0.3) is 5.91 Å². The van der Waals surface area contributed by atoms with Gasteiger partial charge in [-0.05, 0) is 36.8 Å². The van der Waals surface area contributed by atoms with Crippen LogP contribution in [0.2, 0.25) is 0 Å². The van der Waals surface area contributed by atoms with E-state index in [1.165, 1.54) is 17.8 Å². The van der Waals surface area contributed by atoms with E-state index in [9.17, 15) is 9.59 Å². The van der Waals surface area contributed by atoms with Crippen molar-refractivity contribution in [3.05, 3.63) is 40.4 Å². The van der Waals surface area contributed by atoms with Crippen LogP contribution >= 0.6 is 11.3 Å². The third kappa shape index (κ3) is 3.88. The number of anilines is 1. The van der Waals surface area contributed by atoms with Crippen molar-refractivity contribution in [1.29, 1.82) is 0 Å². The van der Waals surface area contributed by atoms with E-state index < -0.39 is 0 Å². The van der Waals surface area contributed by atoms with Gasteiger partial charge in [0, 0.05) is 25.1 Å². The molecule has 4 rings (SSSR count). The fraction of sp³-hybridized carbons (Fsp3) is 0.500. The predicted octanol–water partition coefficient (Wildman–Crippen LogP) is 3.78. The Morgan fingerprint density at radius 2 is 2.00 bits per heavy atom. The molecule has 0 saturated heterocycles. The minimum absolute atomic E-state index is 0.0304. The molecule has 2 heterocycles. The minimum Gasteiger partial charge on any atom is -0.334 e. The number of carbonyl (C=O) groups excluding carboxylic acids is 2. The van der Waals surface area contributed by atoms with Crippen LogP contribution < -0.4 is 5.32 Å². The predicted molar refractivity (Wildman–Crippen MR) is 105 cm³/mol. The summed E-state index contributed by atoms with van der Waals surface area (Å²) < 4.78 is 0. The van der Waals surface area contributed by atoms with Crippen LogP contribution in [0.25, 0.3) is 0 Å². The molecule has 2 aliphatic rings.